The molecular formula is C16H27ClN2O2. The average Bonchev–Trinajstić information content (AvgIpc) is 2.38. The highest BCUT2D eigenvalue weighted by molar-refractivity contribution is 5.85. The Morgan fingerprint density at radius 1 is 1.29 bits per heavy atom. The number of carbonyl (C=O) groups excluding carboxylic acids is 1. The number of benzene rings is 1. The van der Waals surface area contributed by atoms with Crippen LogP contribution >= 0.6 is 12.4 Å². The molecule has 4 nitrogen and oxygen atoms in total. The van der Waals surface area contributed by atoms with Gasteiger partial charge in [0.2, 0.25) is 5.91 Å². The van der Waals surface area contributed by atoms with Gasteiger partial charge in [-0.3, -0.25) is 4.79 Å². The zero-order valence-corrected chi connectivity index (χ0v) is 14.1. The van der Waals surface area contributed by atoms with Crippen molar-refractivity contribution in [2.75, 3.05) is 6.54 Å². The van der Waals surface area contributed by atoms with Crippen LogP contribution in [0.4, 0.5) is 0 Å². The highest BCUT2D eigenvalue weighted by atomic mass is 35.5. The van der Waals surface area contributed by atoms with Crippen LogP contribution in [0.2, 0.25) is 0 Å². The first kappa shape index (κ1) is 19.7. The molecule has 0 radical (unpaired) electrons. The number of halogens is 1. The number of aryl methyl sites for hydroxylation is 1. The standard InChI is InChI=1S/C16H26N2O2.ClH/c1-11(2)9-14(17)16(19)18-10-13(4)20-15-8-6-5-7-12(15)3;/h5-8,11,13-14H,9-10,17H2,1-4H3,(H,18,19);1H/t13?,14-;/m0./s1. The molecule has 0 aliphatic rings. The van der Waals surface area contributed by atoms with E-state index in [2.05, 4.69) is 19.2 Å². The minimum Gasteiger partial charge on any atom is -0.489 e. The third kappa shape index (κ3) is 7.34. The second-order valence-electron chi connectivity index (χ2n) is 5.68. The van der Waals surface area contributed by atoms with Crippen molar-refractivity contribution in [1.82, 2.24) is 5.32 Å². The summed E-state index contributed by atoms with van der Waals surface area (Å²) in [6, 6.07) is 7.39. The van der Waals surface area contributed by atoms with Crippen molar-refractivity contribution in [1.29, 1.82) is 0 Å². The summed E-state index contributed by atoms with van der Waals surface area (Å²) in [6.07, 6.45) is 0.602. The Labute approximate surface area is 133 Å². The molecule has 0 bridgehead atoms. The molecule has 0 saturated heterocycles. The lowest BCUT2D eigenvalue weighted by molar-refractivity contribution is -0.123. The molecule has 0 fully saturated rings. The summed E-state index contributed by atoms with van der Waals surface area (Å²) in [5.41, 5.74) is 6.91. The molecule has 0 heterocycles. The Morgan fingerprint density at radius 2 is 1.90 bits per heavy atom. The summed E-state index contributed by atoms with van der Waals surface area (Å²) in [5, 5.41) is 2.84. The number of nitrogens with one attached hydrogen (secondary N) is 1. The van der Waals surface area contributed by atoms with E-state index in [-0.39, 0.29) is 24.4 Å². The van der Waals surface area contributed by atoms with Crippen molar-refractivity contribution in [3.8, 4) is 5.75 Å². The number of nitrogens with two attached hydrogens (primary N) is 1. The van der Waals surface area contributed by atoms with Gasteiger partial charge in [0, 0.05) is 0 Å². The maximum atomic E-state index is 11.8. The van der Waals surface area contributed by atoms with Crippen LogP contribution in [-0.2, 0) is 4.79 Å². The minimum atomic E-state index is -0.444. The Bertz CT molecular complexity index is 438. The second-order valence-corrected chi connectivity index (χ2v) is 5.68. The Morgan fingerprint density at radius 3 is 2.48 bits per heavy atom. The molecule has 0 spiro atoms. The van der Waals surface area contributed by atoms with Gasteiger partial charge in [-0.15, -0.1) is 12.4 Å². The molecular weight excluding hydrogens is 288 g/mol. The van der Waals surface area contributed by atoms with Crippen LogP contribution in [0.1, 0.15) is 32.8 Å². The van der Waals surface area contributed by atoms with Crippen LogP contribution < -0.4 is 15.8 Å². The van der Waals surface area contributed by atoms with E-state index in [4.69, 9.17) is 10.5 Å². The maximum absolute atomic E-state index is 11.8. The smallest absolute Gasteiger partial charge is 0.237 e. The van der Waals surface area contributed by atoms with Crippen LogP contribution in [0, 0.1) is 12.8 Å². The van der Waals surface area contributed by atoms with Crippen molar-refractivity contribution in [2.45, 2.75) is 46.3 Å². The van der Waals surface area contributed by atoms with E-state index in [1.54, 1.807) is 0 Å². The molecule has 0 saturated carbocycles. The van der Waals surface area contributed by atoms with Gasteiger partial charge in [0.15, 0.2) is 0 Å². The maximum Gasteiger partial charge on any atom is 0.237 e. The molecule has 1 rings (SSSR count). The number of rotatable bonds is 7. The first-order valence-electron chi connectivity index (χ1n) is 7.15. The van der Waals surface area contributed by atoms with E-state index < -0.39 is 6.04 Å². The monoisotopic (exact) mass is 314 g/mol. The molecule has 5 heteroatoms. The first-order chi connectivity index (χ1) is 9.40. The van der Waals surface area contributed by atoms with E-state index in [1.165, 1.54) is 0 Å². The van der Waals surface area contributed by atoms with Gasteiger partial charge < -0.3 is 15.8 Å². The highest BCUT2D eigenvalue weighted by Gasteiger charge is 2.16. The zero-order valence-electron chi connectivity index (χ0n) is 13.3. The van der Waals surface area contributed by atoms with Crippen LogP contribution in [0.15, 0.2) is 24.3 Å². The largest absolute Gasteiger partial charge is 0.489 e. The third-order valence-electron chi connectivity index (χ3n) is 3.05. The Hall–Kier alpha value is -1.26. The predicted octanol–water partition coefficient (Wildman–Crippen LogP) is 2.67. The lowest BCUT2D eigenvalue weighted by Crippen LogP contribution is -2.44. The fourth-order valence-electron chi connectivity index (χ4n) is 1.94. The number of ether oxygens (including phenoxy) is 1. The summed E-state index contributed by atoms with van der Waals surface area (Å²) in [7, 11) is 0. The summed E-state index contributed by atoms with van der Waals surface area (Å²) < 4.78 is 5.80. The van der Waals surface area contributed by atoms with Crippen LogP contribution in [0.3, 0.4) is 0 Å². The summed E-state index contributed by atoms with van der Waals surface area (Å²) in [6.45, 7) is 8.49. The number of para-hydroxylation sites is 1. The molecule has 1 aromatic carbocycles. The summed E-state index contributed by atoms with van der Waals surface area (Å²) in [5.74, 6) is 1.15. The van der Waals surface area contributed by atoms with Gasteiger partial charge in [-0.25, -0.2) is 0 Å². The van der Waals surface area contributed by atoms with Gasteiger partial charge in [0.25, 0.3) is 0 Å². The SMILES string of the molecule is Cc1ccccc1OC(C)CNC(=O)[C@@H](N)CC(C)C.Cl. The summed E-state index contributed by atoms with van der Waals surface area (Å²) >= 11 is 0. The summed E-state index contributed by atoms with van der Waals surface area (Å²) in [4.78, 5) is 11.8. The zero-order chi connectivity index (χ0) is 15.1. The lowest BCUT2D eigenvalue weighted by Gasteiger charge is -2.19. The number of amides is 1. The van der Waals surface area contributed by atoms with E-state index >= 15 is 0 Å². The fraction of sp³-hybridized carbons (Fsp3) is 0.562. The predicted molar refractivity (Wildman–Crippen MR) is 89.0 cm³/mol. The van der Waals surface area contributed by atoms with E-state index in [9.17, 15) is 4.79 Å². The van der Waals surface area contributed by atoms with Gasteiger partial charge in [-0.05, 0) is 37.8 Å². The molecule has 3 N–H and O–H groups in total. The molecule has 1 unspecified atom stereocenters. The molecule has 0 aromatic heterocycles. The Balaban J connectivity index is 0.00000400. The quantitative estimate of drug-likeness (QED) is 0.813. The lowest BCUT2D eigenvalue weighted by atomic mass is 10.0. The Kier molecular flexibility index (Phi) is 9.06. The number of hydrogen-bond donors (Lipinski definition) is 2. The highest BCUT2D eigenvalue weighted by Crippen LogP contribution is 2.17. The molecule has 1 aromatic rings. The molecule has 120 valence electrons. The minimum absolute atomic E-state index is 0. The van der Waals surface area contributed by atoms with Crippen molar-refractivity contribution in [3.63, 3.8) is 0 Å². The van der Waals surface area contributed by atoms with Crippen molar-refractivity contribution >= 4 is 18.3 Å². The van der Waals surface area contributed by atoms with Crippen LogP contribution in [0.5, 0.6) is 5.75 Å². The number of hydrogen-bond acceptors (Lipinski definition) is 3. The van der Waals surface area contributed by atoms with Gasteiger partial charge in [0.05, 0.1) is 12.6 Å². The molecule has 21 heavy (non-hydrogen) atoms. The topological polar surface area (TPSA) is 64.3 Å². The first-order valence-corrected chi connectivity index (χ1v) is 7.15. The van der Waals surface area contributed by atoms with Crippen molar-refractivity contribution in [2.24, 2.45) is 11.7 Å². The average molecular weight is 315 g/mol. The second kappa shape index (κ2) is 9.64. The molecule has 2 atom stereocenters. The van der Waals surface area contributed by atoms with E-state index in [0.717, 1.165) is 11.3 Å². The van der Waals surface area contributed by atoms with Gasteiger partial charge >= 0.3 is 0 Å². The van der Waals surface area contributed by atoms with E-state index in [1.807, 2.05) is 38.1 Å². The number of carbonyl (C=O) groups is 1. The molecule has 0 aliphatic heterocycles. The van der Waals surface area contributed by atoms with Gasteiger partial charge in [-0.1, -0.05) is 32.0 Å². The molecule has 0 aliphatic carbocycles. The van der Waals surface area contributed by atoms with E-state index in [0.29, 0.717) is 18.9 Å². The normalized spacial score (nSPS) is 13.2. The van der Waals surface area contributed by atoms with Gasteiger partial charge in [-0.2, -0.15) is 0 Å². The van der Waals surface area contributed by atoms with Crippen LogP contribution in [-0.4, -0.2) is 24.6 Å². The van der Waals surface area contributed by atoms with Gasteiger partial charge in [0.1, 0.15) is 11.9 Å². The molecule has 1 amide bonds. The third-order valence-corrected chi connectivity index (χ3v) is 3.05. The van der Waals surface area contributed by atoms with Crippen LogP contribution in [0.25, 0.3) is 0 Å². The fourth-order valence-corrected chi connectivity index (χ4v) is 1.94. The van der Waals surface area contributed by atoms with Crippen molar-refractivity contribution in [3.05, 3.63) is 29.8 Å². The van der Waals surface area contributed by atoms with Crippen molar-refractivity contribution < 1.29 is 9.53 Å².